The van der Waals surface area contributed by atoms with Crippen molar-refractivity contribution in [3.8, 4) is 28.3 Å². The first-order valence-corrected chi connectivity index (χ1v) is 12.5. The van der Waals surface area contributed by atoms with E-state index in [-0.39, 0.29) is 5.82 Å². The van der Waals surface area contributed by atoms with Crippen molar-refractivity contribution < 1.29 is 8.78 Å². The minimum atomic E-state index is -0.830. The van der Waals surface area contributed by atoms with Gasteiger partial charge in [-0.2, -0.15) is 10.4 Å². The van der Waals surface area contributed by atoms with E-state index in [1.807, 2.05) is 37.6 Å². The van der Waals surface area contributed by atoms with Crippen LogP contribution in [-0.4, -0.2) is 55.5 Å². The minimum Gasteiger partial charge on any atom is -0.381 e. The maximum Gasteiger partial charge on any atom is 0.164 e. The summed E-state index contributed by atoms with van der Waals surface area (Å²) in [6.07, 6.45) is 7.33. The Labute approximate surface area is 223 Å². The first-order chi connectivity index (χ1) is 18.9. The number of piperazine rings is 1. The second kappa shape index (κ2) is 9.81. The molecule has 0 aliphatic carbocycles. The van der Waals surface area contributed by atoms with Gasteiger partial charge in [0.25, 0.3) is 0 Å². The predicted molar refractivity (Wildman–Crippen MR) is 144 cm³/mol. The summed E-state index contributed by atoms with van der Waals surface area (Å²) in [4.78, 5) is 9.15. The lowest BCUT2D eigenvalue weighted by molar-refractivity contribution is 0.249. The molecule has 1 aliphatic rings. The number of pyridine rings is 2. The molecular weight excluding hydrogens is 500 g/mol. The third kappa shape index (κ3) is 4.66. The number of hydrogen-bond donors (Lipinski definition) is 1. The van der Waals surface area contributed by atoms with Gasteiger partial charge in [0, 0.05) is 80.6 Å². The molecule has 4 aromatic heterocycles. The number of benzene rings is 1. The molecule has 9 nitrogen and oxygen atoms in total. The summed E-state index contributed by atoms with van der Waals surface area (Å²) in [5.41, 5.74) is 11.2. The molecule has 1 aromatic carbocycles. The molecule has 0 amide bonds. The Hall–Kier alpha value is -4.82. The zero-order chi connectivity index (χ0) is 27.1. The highest BCUT2D eigenvalue weighted by Gasteiger charge is 2.21. The molecule has 0 radical (unpaired) electrons. The molecule has 1 fully saturated rings. The van der Waals surface area contributed by atoms with Crippen LogP contribution in [0.3, 0.4) is 0 Å². The Kier molecular flexibility index (Phi) is 6.17. The van der Waals surface area contributed by atoms with Crippen molar-refractivity contribution in [2.24, 2.45) is 7.05 Å². The van der Waals surface area contributed by atoms with Gasteiger partial charge in [0.2, 0.25) is 0 Å². The number of aryl methyl sites for hydroxylation is 1. The maximum absolute atomic E-state index is 13.6. The first-order valence-electron chi connectivity index (χ1n) is 12.5. The van der Waals surface area contributed by atoms with E-state index in [9.17, 15) is 14.0 Å². The standard InChI is InChI=1S/C28H25F2N9/c1-36-16-21(14-34-36)20-11-22(27-23(12-31)28(32)35-39(27)17-20)19-3-5-26(33-13-19)38-8-6-37(7-9-38)15-18-2-4-24(29)25(30)10-18/h2-5,10-11,13-14,16-17H,6-9,15H2,1H3,(H2,32,35). The Bertz CT molecular complexity index is 1710. The van der Waals surface area contributed by atoms with Gasteiger partial charge < -0.3 is 10.6 Å². The highest BCUT2D eigenvalue weighted by molar-refractivity contribution is 5.90. The van der Waals surface area contributed by atoms with Crippen LogP contribution in [0.1, 0.15) is 11.1 Å². The SMILES string of the molecule is Cn1cc(-c2cc(-c3ccc(N4CCN(Cc5ccc(F)c(F)c5)CC4)nc3)c3c(C#N)c(N)nn3c2)cn1. The Balaban J connectivity index is 1.24. The van der Waals surface area contributed by atoms with Crippen LogP contribution in [0.15, 0.2) is 61.2 Å². The topological polar surface area (TPSA) is 104 Å². The number of nitrogens with zero attached hydrogens (tertiary/aromatic N) is 8. The summed E-state index contributed by atoms with van der Waals surface area (Å²) in [6.45, 7) is 3.63. The molecule has 5 heterocycles. The fourth-order valence-electron chi connectivity index (χ4n) is 5.02. The summed E-state index contributed by atoms with van der Waals surface area (Å²) in [6, 6.07) is 12.2. The molecule has 0 spiro atoms. The van der Waals surface area contributed by atoms with Crippen LogP contribution in [0.5, 0.6) is 0 Å². The van der Waals surface area contributed by atoms with Gasteiger partial charge in [0.05, 0.1) is 11.7 Å². The lowest BCUT2D eigenvalue weighted by Crippen LogP contribution is -2.46. The van der Waals surface area contributed by atoms with Crippen molar-refractivity contribution in [1.29, 1.82) is 5.26 Å². The zero-order valence-electron chi connectivity index (χ0n) is 21.2. The molecule has 2 N–H and O–H groups in total. The molecule has 6 rings (SSSR count). The molecule has 0 unspecified atom stereocenters. The van der Waals surface area contributed by atoms with Crippen LogP contribution in [0.4, 0.5) is 20.4 Å². The van der Waals surface area contributed by atoms with Gasteiger partial charge in [-0.15, -0.1) is 5.10 Å². The van der Waals surface area contributed by atoms with Crippen LogP contribution in [0, 0.1) is 23.0 Å². The van der Waals surface area contributed by atoms with Crippen molar-refractivity contribution in [3.05, 3.63) is 83.9 Å². The van der Waals surface area contributed by atoms with E-state index >= 15 is 0 Å². The number of halogens is 2. The average Bonchev–Trinajstić information content (AvgIpc) is 3.52. The van der Waals surface area contributed by atoms with E-state index < -0.39 is 11.6 Å². The van der Waals surface area contributed by atoms with Crippen LogP contribution < -0.4 is 10.6 Å². The molecule has 0 saturated carbocycles. The van der Waals surface area contributed by atoms with Crippen LogP contribution in [0.25, 0.3) is 27.8 Å². The molecule has 5 aromatic rings. The van der Waals surface area contributed by atoms with Gasteiger partial charge in [-0.1, -0.05) is 6.07 Å². The molecule has 39 heavy (non-hydrogen) atoms. The van der Waals surface area contributed by atoms with Gasteiger partial charge in [-0.05, 0) is 35.9 Å². The average molecular weight is 526 g/mol. The Morgan fingerprint density at radius 2 is 1.77 bits per heavy atom. The van der Waals surface area contributed by atoms with Gasteiger partial charge >= 0.3 is 0 Å². The van der Waals surface area contributed by atoms with Gasteiger partial charge in [-0.25, -0.2) is 18.3 Å². The molecule has 1 aliphatic heterocycles. The number of anilines is 2. The zero-order valence-corrected chi connectivity index (χ0v) is 21.2. The van der Waals surface area contributed by atoms with Crippen LogP contribution in [-0.2, 0) is 13.6 Å². The van der Waals surface area contributed by atoms with Crippen molar-refractivity contribution >= 4 is 17.2 Å². The van der Waals surface area contributed by atoms with E-state index in [2.05, 4.69) is 26.1 Å². The molecule has 196 valence electrons. The van der Waals surface area contributed by atoms with Crippen molar-refractivity contribution in [1.82, 2.24) is 29.3 Å². The molecular formula is C28H25F2N9. The van der Waals surface area contributed by atoms with E-state index in [0.717, 1.165) is 59.8 Å². The second-order valence-corrected chi connectivity index (χ2v) is 9.63. The predicted octanol–water partition coefficient (Wildman–Crippen LogP) is 3.85. The lowest BCUT2D eigenvalue weighted by atomic mass is 10.0. The number of rotatable bonds is 5. The summed E-state index contributed by atoms with van der Waals surface area (Å²) >= 11 is 0. The third-order valence-corrected chi connectivity index (χ3v) is 7.05. The fourth-order valence-corrected chi connectivity index (χ4v) is 5.02. The van der Waals surface area contributed by atoms with Crippen molar-refractivity contribution in [2.45, 2.75) is 6.54 Å². The minimum absolute atomic E-state index is 0.174. The van der Waals surface area contributed by atoms with Gasteiger partial charge in [0.15, 0.2) is 17.5 Å². The monoisotopic (exact) mass is 525 g/mol. The molecule has 1 saturated heterocycles. The highest BCUT2D eigenvalue weighted by atomic mass is 19.2. The molecule has 0 atom stereocenters. The number of nitriles is 1. The first kappa shape index (κ1) is 24.5. The fraction of sp³-hybridized carbons (Fsp3) is 0.214. The van der Waals surface area contributed by atoms with Gasteiger partial charge in [0.1, 0.15) is 17.5 Å². The Morgan fingerprint density at radius 1 is 0.949 bits per heavy atom. The smallest absolute Gasteiger partial charge is 0.164 e. The number of nitrogens with two attached hydrogens (primary N) is 1. The number of aromatic nitrogens is 5. The lowest BCUT2D eigenvalue weighted by Gasteiger charge is -2.35. The second-order valence-electron chi connectivity index (χ2n) is 9.63. The summed E-state index contributed by atoms with van der Waals surface area (Å²) in [5.74, 6) is -0.630. The van der Waals surface area contributed by atoms with E-state index in [0.29, 0.717) is 17.6 Å². The number of fused-ring (bicyclic) bond motifs is 1. The molecule has 0 bridgehead atoms. The van der Waals surface area contributed by atoms with Crippen molar-refractivity contribution in [3.63, 3.8) is 0 Å². The van der Waals surface area contributed by atoms with Gasteiger partial charge in [-0.3, -0.25) is 9.58 Å². The largest absolute Gasteiger partial charge is 0.381 e. The quantitative estimate of drug-likeness (QED) is 0.372. The molecule has 11 heteroatoms. The van der Waals surface area contributed by atoms with E-state index in [1.165, 1.54) is 12.1 Å². The summed E-state index contributed by atoms with van der Waals surface area (Å²) in [5, 5.41) is 18.4. The number of hydrogen-bond acceptors (Lipinski definition) is 7. The van der Waals surface area contributed by atoms with Crippen LogP contribution in [0.2, 0.25) is 0 Å². The third-order valence-electron chi connectivity index (χ3n) is 7.05. The maximum atomic E-state index is 13.6. The Morgan fingerprint density at radius 3 is 2.44 bits per heavy atom. The summed E-state index contributed by atoms with van der Waals surface area (Å²) < 4.78 is 30.2. The highest BCUT2D eigenvalue weighted by Crippen LogP contribution is 2.34. The number of nitrogen functional groups attached to an aromatic ring is 1. The summed E-state index contributed by atoms with van der Waals surface area (Å²) in [7, 11) is 1.85. The van der Waals surface area contributed by atoms with Crippen molar-refractivity contribution in [2.75, 3.05) is 36.8 Å². The van der Waals surface area contributed by atoms with Crippen LogP contribution >= 0.6 is 0 Å². The van der Waals surface area contributed by atoms with E-state index in [4.69, 9.17) is 10.7 Å². The normalized spacial score (nSPS) is 14.2. The van der Waals surface area contributed by atoms with E-state index in [1.54, 1.807) is 27.7 Å².